The van der Waals surface area contributed by atoms with Crippen LogP contribution in [0.4, 0.5) is 0 Å². The maximum atomic E-state index is 12.4. The van der Waals surface area contributed by atoms with Crippen LogP contribution in [0.25, 0.3) is 0 Å². The highest BCUT2D eigenvalue weighted by Gasteiger charge is 2.36. The Morgan fingerprint density at radius 1 is 1.09 bits per heavy atom. The molecule has 1 saturated carbocycles. The number of benzene rings is 1. The molecule has 1 heterocycles. The van der Waals surface area contributed by atoms with E-state index in [1.165, 1.54) is 0 Å². The monoisotopic (exact) mass is 378 g/mol. The predicted octanol–water partition coefficient (Wildman–Crippen LogP) is 3.27. The van der Waals surface area contributed by atoms with Crippen molar-refractivity contribution in [3.05, 3.63) is 34.3 Å². The summed E-state index contributed by atoms with van der Waals surface area (Å²) in [5.74, 6) is 0.708. The number of likely N-dealkylation sites (tertiary alicyclic amines) is 1. The maximum Gasteiger partial charge on any atom is 0.225 e. The molecule has 0 aromatic heterocycles. The molecule has 1 saturated heterocycles. The Morgan fingerprint density at radius 2 is 1.70 bits per heavy atom. The first kappa shape index (κ1) is 16.5. The summed E-state index contributed by atoms with van der Waals surface area (Å²) in [5.41, 5.74) is 1.10. The minimum Gasteiger partial charge on any atom is -0.349 e. The summed E-state index contributed by atoms with van der Waals surface area (Å²) in [7, 11) is 0. The van der Waals surface area contributed by atoms with Crippen molar-refractivity contribution in [3.8, 4) is 0 Å². The molecule has 124 valence electrons. The lowest BCUT2D eigenvalue weighted by Crippen LogP contribution is -2.43. The van der Waals surface area contributed by atoms with Crippen LogP contribution in [0, 0.1) is 11.8 Å². The van der Waals surface area contributed by atoms with E-state index in [0.29, 0.717) is 5.91 Å². The van der Waals surface area contributed by atoms with Gasteiger partial charge in [-0.3, -0.25) is 9.59 Å². The number of nitrogens with one attached hydrogen (secondary N) is 1. The number of hydrogen-bond donors (Lipinski definition) is 1. The number of hydrogen-bond acceptors (Lipinski definition) is 2. The summed E-state index contributed by atoms with van der Waals surface area (Å²) in [5, 5.41) is 3.11. The Balaban J connectivity index is 1.49. The molecule has 4 nitrogen and oxygen atoms in total. The van der Waals surface area contributed by atoms with Gasteiger partial charge in [-0.2, -0.15) is 0 Å². The minimum absolute atomic E-state index is 0.00160. The molecule has 5 heteroatoms. The Bertz CT molecular complexity index is 575. The van der Waals surface area contributed by atoms with E-state index in [0.717, 1.165) is 48.8 Å². The summed E-state index contributed by atoms with van der Waals surface area (Å²) in [4.78, 5) is 26.4. The highest BCUT2D eigenvalue weighted by atomic mass is 79.9. The molecule has 0 radical (unpaired) electrons. The van der Waals surface area contributed by atoms with Crippen molar-refractivity contribution in [2.45, 2.75) is 38.6 Å². The summed E-state index contributed by atoms with van der Waals surface area (Å²) in [6, 6.07) is 8.01. The van der Waals surface area contributed by atoms with Crippen LogP contribution in [0.15, 0.2) is 28.7 Å². The topological polar surface area (TPSA) is 49.4 Å². The average Bonchev–Trinajstić information content (AvgIpc) is 3.40. The van der Waals surface area contributed by atoms with Crippen LogP contribution in [0.2, 0.25) is 0 Å². The third-order valence-corrected chi connectivity index (χ3v) is 5.36. The van der Waals surface area contributed by atoms with E-state index in [9.17, 15) is 9.59 Å². The van der Waals surface area contributed by atoms with Gasteiger partial charge in [-0.05, 0) is 50.3 Å². The number of carbonyl (C=O) groups is 2. The maximum absolute atomic E-state index is 12.4. The summed E-state index contributed by atoms with van der Waals surface area (Å²) in [6.07, 6.45) is 3.64. The predicted molar refractivity (Wildman–Crippen MR) is 92.7 cm³/mol. The number of carbonyl (C=O) groups excluding carboxylic acids is 2. The van der Waals surface area contributed by atoms with Crippen LogP contribution in [0.3, 0.4) is 0 Å². The highest BCUT2D eigenvalue weighted by Crippen LogP contribution is 2.32. The van der Waals surface area contributed by atoms with Crippen molar-refractivity contribution < 1.29 is 9.59 Å². The van der Waals surface area contributed by atoms with Crippen LogP contribution in [-0.2, 0) is 9.59 Å². The van der Waals surface area contributed by atoms with Crippen LogP contribution in [0.1, 0.15) is 44.2 Å². The highest BCUT2D eigenvalue weighted by molar-refractivity contribution is 9.10. The molecule has 0 bridgehead atoms. The zero-order chi connectivity index (χ0) is 16.4. The quantitative estimate of drug-likeness (QED) is 0.873. The SMILES string of the molecule is CC(NC(=O)C1CCN(C(=O)C2CC2)CC1)c1ccc(Br)cc1. The molecule has 3 rings (SSSR count). The molecule has 2 aliphatic rings. The average molecular weight is 379 g/mol. The first-order valence-corrected chi connectivity index (χ1v) is 9.18. The smallest absolute Gasteiger partial charge is 0.225 e. The zero-order valence-corrected chi connectivity index (χ0v) is 15.0. The second-order valence-corrected chi connectivity index (χ2v) is 7.57. The lowest BCUT2D eigenvalue weighted by molar-refractivity contribution is -0.136. The molecule has 1 aliphatic carbocycles. The van der Waals surface area contributed by atoms with Gasteiger partial charge in [0.25, 0.3) is 0 Å². The second-order valence-electron chi connectivity index (χ2n) is 6.66. The van der Waals surface area contributed by atoms with Crippen molar-refractivity contribution in [1.82, 2.24) is 10.2 Å². The number of piperidine rings is 1. The third kappa shape index (κ3) is 4.14. The molecular formula is C18H23BrN2O2. The molecule has 23 heavy (non-hydrogen) atoms. The number of amides is 2. The molecular weight excluding hydrogens is 356 g/mol. The fraction of sp³-hybridized carbons (Fsp3) is 0.556. The van der Waals surface area contributed by atoms with E-state index in [4.69, 9.17) is 0 Å². The van der Waals surface area contributed by atoms with E-state index >= 15 is 0 Å². The molecule has 1 aromatic rings. The van der Waals surface area contributed by atoms with Crippen LogP contribution < -0.4 is 5.32 Å². The fourth-order valence-electron chi connectivity index (χ4n) is 3.12. The standard InChI is InChI=1S/C18H23BrN2O2/c1-12(13-4-6-16(19)7-5-13)20-17(22)14-8-10-21(11-9-14)18(23)15-2-3-15/h4-7,12,14-15H,2-3,8-11H2,1H3,(H,20,22). The first-order valence-electron chi connectivity index (χ1n) is 8.39. The van der Waals surface area contributed by atoms with Gasteiger partial charge in [0.15, 0.2) is 0 Å². The Morgan fingerprint density at radius 3 is 2.26 bits per heavy atom. The van der Waals surface area contributed by atoms with Gasteiger partial charge in [-0.1, -0.05) is 28.1 Å². The second kappa shape index (κ2) is 7.04. The van der Waals surface area contributed by atoms with Crippen LogP contribution >= 0.6 is 15.9 Å². The normalized spacial score (nSPS) is 20.2. The number of halogens is 1. The number of nitrogens with zero attached hydrogens (tertiary/aromatic N) is 1. The summed E-state index contributed by atoms with van der Waals surface area (Å²) in [6.45, 7) is 3.45. The van der Waals surface area contributed by atoms with Gasteiger partial charge in [0.05, 0.1) is 6.04 Å². The van der Waals surface area contributed by atoms with E-state index in [1.54, 1.807) is 0 Å². The van der Waals surface area contributed by atoms with Gasteiger partial charge in [0, 0.05) is 29.4 Å². The molecule has 2 amide bonds. The molecule has 1 atom stereocenters. The van der Waals surface area contributed by atoms with E-state index in [1.807, 2.05) is 36.1 Å². The van der Waals surface area contributed by atoms with E-state index < -0.39 is 0 Å². The third-order valence-electron chi connectivity index (χ3n) is 4.83. The van der Waals surface area contributed by atoms with E-state index in [-0.39, 0.29) is 23.8 Å². The lowest BCUT2D eigenvalue weighted by Gasteiger charge is -2.32. The Labute approximate surface area is 145 Å². The van der Waals surface area contributed by atoms with Crippen molar-refractivity contribution in [2.24, 2.45) is 11.8 Å². The minimum atomic E-state index is 0.00160. The van der Waals surface area contributed by atoms with Gasteiger partial charge in [0.2, 0.25) is 11.8 Å². The van der Waals surface area contributed by atoms with E-state index in [2.05, 4.69) is 21.2 Å². The molecule has 1 unspecified atom stereocenters. The lowest BCUT2D eigenvalue weighted by atomic mass is 9.95. The Hall–Kier alpha value is -1.36. The van der Waals surface area contributed by atoms with Crippen LogP contribution in [-0.4, -0.2) is 29.8 Å². The van der Waals surface area contributed by atoms with Crippen molar-refractivity contribution >= 4 is 27.7 Å². The summed E-state index contributed by atoms with van der Waals surface area (Å²) >= 11 is 3.42. The van der Waals surface area contributed by atoms with Gasteiger partial charge in [-0.25, -0.2) is 0 Å². The van der Waals surface area contributed by atoms with Crippen molar-refractivity contribution in [1.29, 1.82) is 0 Å². The van der Waals surface area contributed by atoms with Gasteiger partial charge >= 0.3 is 0 Å². The summed E-state index contributed by atoms with van der Waals surface area (Å²) < 4.78 is 1.03. The van der Waals surface area contributed by atoms with Gasteiger partial charge in [0.1, 0.15) is 0 Å². The molecule has 2 fully saturated rings. The van der Waals surface area contributed by atoms with Gasteiger partial charge in [-0.15, -0.1) is 0 Å². The van der Waals surface area contributed by atoms with Gasteiger partial charge < -0.3 is 10.2 Å². The molecule has 1 aliphatic heterocycles. The fourth-order valence-corrected chi connectivity index (χ4v) is 3.38. The first-order chi connectivity index (χ1) is 11.0. The zero-order valence-electron chi connectivity index (χ0n) is 13.4. The molecule has 0 spiro atoms. The number of rotatable bonds is 4. The van der Waals surface area contributed by atoms with Crippen LogP contribution in [0.5, 0.6) is 0 Å². The molecule has 1 aromatic carbocycles. The van der Waals surface area contributed by atoms with Crippen molar-refractivity contribution in [3.63, 3.8) is 0 Å². The van der Waals surface area contributed by atoms with Crippen molar-refractivity contribution in [2.75, 3.05) is 13.1 Å². The Kier molecular flexibility index (Phi) is 5.05. The molecule has 1 N–H and O–H groups in total. The largest absolute Gasteiger partial charge is 0.349 e.